The topological polar surface area (TPSA) is 61.7 Å². The average Bonchev–Trinajstić information content (AvgIpc) is 2.97. The summed E-state index contributed by atoms with van der Waals surface area (Å²) in [5, 5.41) is 9.64. The zero-order valence-corrected chi connectivity index (χ0v) is 10.2. The summed E-state index contributed by atoms with van der Waals surface area (Å²) < 4.78 is 3.83. The van der Waals surface area contributed by atoms with Gasteiger partial charge in [0.25, 0.3) is 0 Å². The molecule has 0 saturated carbocycles. The third kappa shape index (κ3) is 1.73. The van der Waals surface area contributed by atoms with Crippen molar-refractivity contribution in [2.75, 3.05) is 5.73 Å². The van der Waals surface area contributed by atoms with Gasteiger partial charge in [0, 0.05) is 23.7 Å². The zero-order chi connectivity index (χ0) is 12.5. The van der Waals surface area contributed by atoms with Gasteiger partial charge in [-0.25, -0.2) is 0 Å². The van der Waals surface area contributed by atoms with Gasteiger partial charge in [0.2, 0.25) is 0 Å². The molecule has 0 fully saturated rings. The number of hydrogen-bond donors (Lipinski definition) is 1. The highest BCUT2D eigenvalue weighted by Gasteiger charge is 2.08. The fourth-order valence-electron chi connectivity index (χ4n) is 2.11. The van der Waals surface area contributed by atoms with Gasteiger partial charge in [-0.05, 0) is 19.1 Å². The number of nitrogens with two attached hydrogens (primary N) is 1. The molecule has 0 aliphatic rings. The number of aryl methyl sites for hydroxylation is 1. The zero-order valence-electron chi connectivity index (χ0n) is 10.2. The molecule has 2 heterocycles. The summed E-state index contributed by atoms with van der Waals surface area (Å²) in [6.07, 6.45) is 3.91. The molecule has 0 bridgehead atoms. The van der Waals surface area contributed by atoms with E-state index in [0.717, 1.165) is 23.0 Å². The van der Waals surface area contributed by atoms with E-state index >= 15 is 0 Å². The summed E-state index contributed by atoms with van der Waals surface area (Å²) in [6.45, 7) is 3.64. The Morgan fingerprint density at radius 3 is 2.89 bits per heavy atom. The van der Waals surface area contributed by atoms with E-state index in [1.165, 1.54) is 0 Å². The Morgan fingerprint density at radius 1 is 1.28 bits per heavy atom. The third-order valence-electron chi connectivity index (χ3n) is 3.03. The van der Waals surface area contributed by atoms with Gasteiger partial charge in [-0.2, -0.15) is 10.2 Å². The van der Waals surface area contributed by atoms with Crippen LogP contribution in [0.3, 0.4) is 0 Å². The molecule has 18 heavy (non-hydrogen) atoms. The van der Waals surface area contributed by atoms with Crippen molar-refractivity contribution < 1.29 is 0 Å². The lowest BCUT2D eigenvalue weighted by Gasteiger charge is -2.00. The maximum atomic E-state index is 5.91. The fourth-order valence-corrected chi connectivity index (χ4v) is 2.11. The Kier molecular flexibility index (Phi) is 2.51. The number of aromatic nitrogens is 4. The van der Waals surface area contributed by atoms with E-state index in [2.05, 4.69) is 17.1 Å². The molecule has 0 saturated heterocycles. The lowest BCUT2D eigenvalue weighted by molar-refractivity contribution is 0.657. The fraction of sp³-hybridized carbons (Fsp3) is 0.231. The average molecular weight is 241 g/mol. The van der Waals surface area contributed by atoms with Gasteiger partial charge in [0.15, 0.2) is 5.82 Å². The minimum absolute atomic E-state index is 0.577. The van der Waals surface area contributed by atoms with Gasteiger partial charge < -0.3 is 5.73 Å². The normalized spacial score (nSPS) is 11.2. The van der Waals surface area contributed by atoms with Crippen molar-refractivity contribution in [2.45, 2.75) is 20.0 Å². The SMILES string of the molecule is CCn1cc(Cn2nc(N)c3ccccc32)cn1. The van der Waals surface area contributed by atoms with E-state index in [9.17, 15) is 0 Å². The number of hydrogen-bond acceptors (Lipinski definition) is 3. The predicted octanol–water partition coefficient (Wildman–Crippen LogP) is 1.88. The van der Waals surface area contributed by atoms with Crippen LogP contribution in [0.2, 0.25) is 0 Å². The van der Waals surface area contributed by atoms with Crippen molar-refractivity contribution in [3.63, 3.8) is 0 Å². The smallest absolute Gasteiger partial charge is 0.153 e. The van der Waals surface area contributed by atoms with Crippen LogP contribution in [0.5, 0.6) is 0 Å². The Bertz CT molecular complexity index is 680. The second-order valence-corrected chi connectivity index (χ2v) is 4.26. The summed E-state index contributed by atoms with van der Waals surface area (Å²) in [4.78, 5) is 0. The molecule has 5 heteroatoms. The van der Waals surface area contributed by atoms with E-state index in [1.54, 1.807) is 0 Å². The monoisotopic (exact) mass is 241 g/mol. The molecule has 0 radical (unpaired) electrons. The Hall–Kier alpha value is -2.30. The van der Waals surface area contributed by atoms with Crippen molar-refractivity contribution in [3.05, 3.63) is 42.2 Å². The maximum absolute atomic E-state index is 5.91. The molecule has 92 valence electrons. The summed E-state index contributed by atoms with van der Waals surface area (Å²) >= 11 is 0. The molecule has 0 aliphatic heterocycles. The molecule has 3 rings (SSSR count). The number of nitrogen functional groups attached to an aromatic ring is 1. The molecule has 0 spiro atoms. The van der Waals surface area contributed by atoms with Crippen LogP contribution >= 0.6 is 0 Å². The van der Waals surface area contributed by atoms with Gasteiger partial charge in [-0.3, -0.25) is 9.36 Å². The number of fused-ring (bicyclic) bond motifs is 1. The maximum Gasteiger partial charge on any atom is 0.153 e. The molecule has 0 aliphatic carbocycles. The lowest BCUT2D eigenvalue weighted by Crippen LogP contribution is -2.01. The molecule has 2 aromatic heterocycles. The molecule has 2 N–H and O–H groups in total. The highest BCUT2D eigenvalue weighted by molar-refractivity contribution is 5.89. The van der Waals surface area contributed by atoms with Crippen LogP contribution in [0, 0.1) is 0 Å². The van der Waals surface area contributed by atoms with Crippen molar-refractivity contribution >= 4 is 16.7 Å². The summed E-state index contributed by atoms with van der Waals surface area (Å²) in [5.74, 6) is 0.577. The Labute approximate surface area is 105 Å². The number of benzene rings is 1. The predicted molar refractivity (Wildman–Crippen MR) is 71.1 cm³/mol. The minimum atomic E-state index is 0.577. The van der Waals surface area contributed by atoms with E-state index in [1.807, 2.05) is 46.0 Å². The molecule has 0 unspecified atom stereocenters. The second kappa shape index (κ2) is 4.18. The van der Waals surface area contributed by atoms with Crippen LogP contribution < -0.4 is 5.73 Å². The van der Waals surface area contributed by atoms with Gasteiger partial charge in [0.1, 0.15) is 0 Å². The van der Waals surface area contributed by atoms with Crippen molar-refractivity contribution in [3.8, 4) is 0 Å². The number of nitrogens with zero attached hydrogens (tertiary/aromatic N) is 4. The number of para-hydroxylation sites is 1. The first-order valence-corrected chi connectivity index (χ1v) is 6.00. The molecule has 1 aromatic carbocycles. The minimum Gasteiger partial charge on any atom is -0.382 e. The van der Waals surface area contributed by atoms with E-state index in [4.69, 9.17) is 5.73 Å². The highest BCUT2D eigenvalue weighted by atomic mass is 15.3. The van der Waals surface area contributed by atoms with Crippen LogP contribution in [-0.4, -0.2) is 19.6 Å². The first-order valence-electron chi connectivity index (χ1n) is 6.00. The third-order valence-corrected chi connectivity index (χ3v) is 3.03. The Balaban J connectivity index is 1.99. The van der Waals surface area contributed by atoms with Gasteiger partial charge >= 0.3 is 0 Å². The molecule has 0 atom stereocenters. The lowest BCUT2D eigenvalue weighted by atomic mass is 10.2. The first-order chi connectivity index (χ1) is 8.78. The summed E-state index contributed by atoms with van der Waals surface area (Å²) in [6, 6.07) is 7.99. The van der Waals surface area contributed by atoms with Crippen LogP contribution in [0.1, 0.15) is 12.5 Å². The van der Waals surface area contributed by atoms with Crippen molar-refractivity contribution in [1.82, 2.24) is 19.6 Å². The van der Waals surface area contributed by atoms with E-state index in [-0.39, 0.29) is 0 Å². The van der Waals surface area contributed by atoms with Crippen LogP contribution in [0.4, 0.5) is 5.82 Å². The molecule has 5 nitrogen and oxygen atoms in total. The summed E-state index contributed by atoms with van der Waals surface area (Å²) in [5.41, 5.74) is 8.09. The van der Waals surface area contributed by atoms with Gasteiger partial charge in [-0.15, -0.1) is 0 Å². The molecular formula is C13H15N5. The van der Waals surface area contributed by atoms with E-state index < -0.39 is 0 Å². The second-order valence-electron chi connectivity index (χ2n) is 4.26. The van der Waals surface area contributed by atoms with Gasteiger partial charge in [0.05, 0.1) is 18.3 Å². The quantitative estimate of drug-likeness (QED) is 0.761. The van der Waals surface area contributed by atoms with Crippen LogP contribution in [0.25, 0.3) is 10.9 Å². The summed E-state index contributed by atoms with van der Waals surface area (Å²) in [7, 11) is 0. The molecule has 0 amide bonds. The molecular weight excluding hydrogens is 226 g/mol. The molecule has 3 aromatic rings. The Morgan fingerprint density at radius 2 is 2.11 bits per heavy atom. The van der Waals surface area contributed by atoms with Crippen LogP contribution in [-0.2, 0) is 13.1 Å². The van der Waals surface area contributed by atoms with Gasteiger partial charge in [-0.1, -0.05) is 12.1 Å². The van der Waals surface area contributed by atoms with Crippen LogP contribution in [0.15, 0.2) is 36.7 Å². The first kappa shape index (κ1) is 10.8. The van der Waals surface area contributed by atoms with Crippen molar-refractivity contribution in [1.29, 1.82) is 0 Å². The van der Waals surface area contributed by atoms with Crippen molar-refractivity contribution in [2.24, 2.45) is 0 Å². The standard InChI is InChI=1S/C13H15N5/c1-2-17-8-10(7-15-17)9-18-12-6-4-3-5-11(12)13(14)16-18/h3-8H,2,9H2,1H3,(H2,14,16). The highest BCUT2D eigenvalue weighted by Crippen LogP contribution is 2.20. The number of rotatable bonds is 3. The largest absolute Gasteiger partial charge is 0.382 e. The van der Waals surface area contributed by atoms with E-state index in [0.29, 0.717) is 12.4 Å². The number of anilines is 1.